The molecule has 6 aliphatic rings. The zero-order valence-corrected chi connectivity index (χ0v) is 33.2. The van der Waals surface area contributed by atoms with Crippen LogP contribution in [-0.2, 0) is 47.4 Å². The first-order valence-corrected chi connectivity index (χ1v) is 20.9. The largest absolute Gasteiger partial charge is 0.346 e. The predicted molar refractivity (Wildman–Crippen MR) is 222 cm³/mol. The number of benzene rings is 5. The third-order valence-corrected chi connectivity index (χ3v) is 11.9. The average Bonchev–Trinajstić information content (AvgIpc) is 4.17. The fourth-order valence-corrected chi connectivity index (χ4v) is 9.11. The van der Waals surface area contributed by atoms with Crippen LogP contribution in [-0.4, -0.2) is 66.1 Å². The Kier molecular flexibility index (Phi) is 10.7. The smallest absolute Gasteiger partial charge is 0.184 e. The highest BCUT2D eigenvalue weighted by molar-refractivity contribution is 6.29. The Morgan fingerprint density at radius 3 is 0.683 bits per heavy atom. The normalized spacial score (nSPS) is 21.5. The zero-order valence-electron chi connectivity index (χ0n) is 33.2. The van der Waals surface area contributed by atoms with Crippen molar-refractivity contribution in [2.75, 3.05) is 66.1 Å². The summed E-state index contributed by atoms with van der Waals surface area (Å²) in [6, 6.07) is 43.4. The fraction of sp³-hybridized carbons (Fsp3) is 0.320. The van der Waals surface area contributed by atoms with Gasteiger partial charge in [-0.3, -0.25) is 0 Å². The molecular weight excluding hydrogens is 761 g/mol. The molecule has 5 fully saturated rings. The van der Waals surface area contributed by atoms with Crippen LogP contribution in [0.5, 0.6) is 0 Å². The van der Waals surface area contributed by atoms with Gasteiger partial charge in [0, 0.05) is 33.7 Å². The minimum atomic E-state index is -0.382. The highest BCUT2D eigenvalue weighted by Crippen LogP contribution is 2.59. The van der Waals surface area contributed by atoms with Crippen molar-refractivity contribution in [3.05, 3.63) is 177 Å². The van der Waals surface area contributed by atoms with Gasteiger partial charge in [0.05, 0.1) is 66.1 Å². The molecule has 0 N–H and O–H groups in total. The molecule has 0 saturated carbocycles. The van der Waals surface area contributed by atoms with Crippen LogP contribution in [0.15, 0.2) is 121 Å². The maximum Gasteiger partial charge on any atom is 0.184 e. The molecule has 5 aromatic carbocycles. The summed E-state index contributed by atoms with van der Waals surface area (Å²) in [4.78, 5) is 0. The molecule has 60 heavy (non-hydrogen) atoms. The summed E-state index contributed by atoms with van der Waals surface area (Å²) < 4.78 is 59.2. The van der Waals surface area contributed by atoms with E-state index in [1.165, 1.54) is 11.1 Å². The highest BCUT2D eigenvalue weighted by Gasteiger charge is 2.38. The second kappa shape index (κ2) is 16.9. The van der Waals surface area contributed by atoms with Crippen LogP contribution < -0.4 is 0 Å². The van der Waals surface area contributed by atoms with E-state index >= 15 is 0 Å². The van der Waals surface area contributed by atoms with E-state index in [1.807, 2.05) is 0 Å². The third kappa shape index (κ3) is 7.37. The lowest BCUT2D eigenvalue weighted by atomic mass is 9.80. The molecule has 1 aliphatic carbocycles. The molecule has 11 rings (SSSR count). The molecule has 0 spiro atoms. The Labute approximate surface area is 349 Å². The van der Waals surface area contributed by atoms with E-state index in [-0.39, 0.29) is 37.4 Å². The van der Waals surface area contributed by atoms with Gasteiger partial charge < -0.3 is 47.4 Å². The van der Waals surface area contributed by atoms with Crippen molar-refractivity contribution in [1.29, 1.82) is 0 Å². The number of ether oxygens (including phenoxy) is 10. The first kappa shape index (κ1) is 38.1. The quantitative estimate of drug-likeness (QED) is 0.136. The lowest BCUT2D eigenvalue weighted by Gasteiger charge is -2.23. The molecule has 0 unspecified atom stereocenters. The average molecular weight is 807 g/mol. The second-order valence-electron chi connectivity index (χ2n) is 15.5. The lowest BCUT2D eigenvalue weighted by Crippen LogP contribution is -2.06. The van der Waals surface area contributed by atoms with E-state index in [0.29, 0.717) is 66.1 Å². The maximum absolute atomic E-state index is 5.92. The fourth-order valence-electron chi connectivity index (χ4n) is 9.11. The van der Waals surface area contributed by atoms with Gasteiger partial charge in [-0.05, 0) is 50.1 Å². The Morgan fingerprint density at radius 2 is 0.433 bits per heavy atom. The van der Waals surface area contributed by atoms with Gasteiger partial charge in [0.2, 0.25) is 0 Å². The van der Waals surface area contributed by atoms with Gasteiger partial charge in [-0.25, -0.2) is 0 Å². The van der Waals surface area contributed by atoms with Gasteiger partial charge in [0.15, 0.2) is 31.5 Å². The van der Waals surface area contributed by atoms with E-state index in [2.05, 4.69) is 121 Å². The molecule has 10 nitrogen and oxygen atoms in total. The molecule has 0 atom stereocenters. The molecule has 5 saturated heterocycles. The van der Waals surface area contributed by atoms with E-state index in [1.54, 1.807) is 0 Å². The molecule has 0 bridgehead atoms. The lowest BCUT2D eigenvalue weighted by molar-refractivity contribution is -0.0443. The van der Waals surface area contributed by atoms with Gasteiger partial charge in [0.1, 0.15) is 0 Å². The molecule has 0 aromatic heterocycles. The standard InChI is InChI=1S/C50H46O10/c1-11-36(46-51-21-22-52-46)12-2-31(1)41-42(32-3-13-37(14-4-32)47-53-23-24-54-47)44(34-7-17-39(18-8-34)49-57-27-28-58-49)45(35-9-19-40(20-10-35)50-59-29-30-60-50)43(41)33-5-15-38(16-6-33)48-55-25-26-56-48/h1-20,41,46-50H,21-30H2. The molecule has 5 aliphatic heterocycles. The summed E-state index contributed by atoms with van der Waals surface area (Å²) in [5, 5.41) is 0. The Morgan fingerprint density at radius 1 is 0.233 bits per heavy atom. The van der Waals surface area contributed by atoms with Crippen molar-refractivity contribution in [3.8, 4) is 0 Å². The summed E-state index contributed by atoms with van der Waals surface area (Å²) in [5.41, 5.74) is 15.1. The zero-order chi connectivity index (χ0) is 39.8. The molecule has 0 radical (unpaired) electrons. The summed E-state index contributed by atoms with van der Waals surface area (Å²) in [7, 11) is 0. The van der Waals surface area contributed by atoms with Crippen molar-refractivity contribution in [2.45, 2.75) is 37.4 Å². The van der Waals surface area contributed by atoms with Crippen molar-refractivity contribution < 1.29 is 47.4 Å². The third-order valence-electron chi connectivity index (χ3n) is 11.9. The minimum absolute atomic E-state index is 0.188. The Bertz CT molecular complexity index is 2180. The number of hydrogen-bond acceptors (Lipinski definition) is 10. The molecule has 5 heterocycles. The Hall–Kier alpha value is -4.82. The monoisotopic (exact) mass is 806 g/mol. The SMILES string of the molecule is c1cc(C2OCCO2)ccc1C1=C(c2ccc(C3OCCO3)cc2)C(c2ccc(C3OCCO3)cc2)C(c2ccc(C3OCCO3)cc2)=C1c1ccc(C2OCCO2)cc1. The van der Waals surface area contributed by atoms with E-state index in [0.717, 1.165) is 66.8 Å². The van der Waals surface area contributed by atoms with Gasteiger partial charge in [-0.15, -0.1) is 0 Å². The summed E-state index contributed by atoms with van der Waals surface area (Å²) in [6.07, 6.45) is -1.90. The van der Waals surface area contributed by atoms with Gasteiger partial charge >= 0.3 is 0 Å². The van der Waals surface area contributed by atoms with Crippen LogP contribution in [0.25, 0.3) is 22.3 Å². The minimum Gasteiger partial charge on any atom is -0.346 e. The van der Waals surface area contributed by atoms with Crippen LogP contribution in [0.3, 0.4) is 0 Å². The first-order chi connectivity index (χ1) is 29.7. The maximum atomic E-state index is 5.92. The van der Waals surface area contributed by atoms with Crippen molar-refractivity contribution in [3.63, 3.8) is 0 Å². The number of allylic oxidation sites excluding steroid dienone is 4. The molecule has 10 heteroatoms. The van der Waals surface area contributed by atoms with Crippen LogP contribution in [0.2, 0.25) is 0 Å². The predicted octanol–water partition coefficient (Wildman–Crippen LogP) is 9.23. The van der Waals surface area contributed by atoms with Crippen LogP contribution >= 0.6 is 0 Å². The Balaban J connectivity index is 1.13. The van der Waals surface area contributed by atoms with E-state index in [4.69, 9.17) is 47.4 Å². The summed E-state index contributed by atoms with van der Waals surface area (Å²) >= 11 is 0. The van der Waals surface area contributed by atoms with Crippen molar-refractivity contribution >= 4 is 22.3 Å². The van der Waals surface area contributed by atoms with Gasteiger partial charge in [-0.2, -0.15) is 0 Å². The van der Waals surface area contributed by atoms with Crippen LogP contribution in [0.1, 0.15) is 93.0 Å². The van der Waals surface area contributed by atoms with Gasteiger partial charge in [-0.1, -0.05) is 121 Å². The number of hydrogen-bond donors (Lipinski definition) is 0. The van der Waals surface area contributed by atoms with E-state index in [9.17, 15) is 0 Å². The molecule has 5 aromatic rings. The topological polar surface area (TPSA) is 92.3 Å². The van der Waals surface area contributed by atoms with Crippen LogP contribution in [0, 0.1) is 0 Å². The highest BCUT2D eigenvalue weighted by atomic mass is 16.7. The molecule has 0 amide bonds. The van der Waals surface area contributed by atoms with Gasteiger partial charge in [0.25, 0.3) is 0 Å². The van der Waals surface area contributed by atoms with E-state index < -0.39 is 0 Å². The van der Waals surface area contributed by atoms with Crippen molar-refractivity contribution in [1.82, 2.24) is 0 Å². The van der Waals surface area contributed by atoms with Crippen LogP contribution in [0.4, 0.5) is 0 Å². The molecule has 306 valence electrons. The number of rotatable bonds is 10. The molecular formula is C50H46O10. The first-order valence-electron chi connectivity index (χ1n) is 20.9. The second-order valence-corrected chi connectivity index (χ2v) is 15.5. The summed E-state index contributed by atoms with van der Waals surface area (Å²) in [5.74, 6) is -0.188. The summed E-state index contributed by atoms with van der Waals surface area (Å²) in [6.45, 7) is 5.79. The van der Waals surface area contributed by atoms with Crippen molar-refractivity contribution in [2.24, 2.45) is 0 Å².